The van der Waals surface area contributed by atoms with Crippen LogP contribution in [0.25, 0.3) is 11.3 Å². The minimum atomic E-state index is -3.03. The van der Waals surface area contributed by atoms with Crippen molar-refractivity contribution in [3.05, 3.63) is 76.5 Å². The zero-order valence-electron chi connectivity index (χ0n) is 24.0. The van der Waals surface area contributed by atoms with Crippen LogP contribution in [-0.4, -0.2) is 53.7 Å². The van der Waals surface area contributed by atoms with Gasteiger partial charge in [-0.3, -0.25) is 24.2 Å². The molecule has 4 heterocycles. The van der Waals surface area contributed by atoms with E-state index in [2.05, 4.69) is 30.4 Å². The summed E-state index contributed by atoms with van der Waals surface area (Å²) in [5.41, 5.74) is -1.21. The first-order valence-electron chi connectivity index (χ1n) is 13.6. The highest BCUT2D eigenvalue weighted by Crippen LogP contribution is 2.36. The summed E-state index contributed by atoms with van der Waals surface area (Å²) in [4.78, 5) is 44.0. The lowest BCUT2D eigenvalue weighted by Crippen LogP contribution is -2.25. The van der Waals surface area contributed by atoms with E-state index >= 15 is 0 Å². The van der Waals surface area contributed by atoms with E-state index in [0.29, 0.717) is 30.2 Å². The van der Waals surface area contributed by atoms with Gasteiger partial charge in [0, 0.05) is 48.2 Å². The molecule has 15 heteroatoms. The van der Waals surface area contributed by atoms with Crippen molar-refractivity contribution in [1.29, 1.82) is 0 Å². The van der Waals surface area contributed by atoms with Gasteiger partial charge in [0.05, 0.1) is 53.2 Å². The van der Waals surface area contributed by atoms with E-state index in [-0.39, 0.29) is 41.2 Å². The number of alkyl halides is 2. The number of halogens is 4. The van der Waals surface area contributed by atoms with Gasteiger partial charge in [-0.25, -0.2) is 28.1 Å². The minimum Gasteiger partial charge on any atom is -0.369 e. The van der Waals surface area contributed by atoms with Gasteiger partial charge in [0.15, 0.2) is 11.5 Å². The molecule has 4 aromatic rings. The summed E-state index contributed by atoms with van der Waals surface area (Å²) in [5.74, 6) is -1.51. The molecule has 2 amide bonds. The summed E-state index contributed by atoms with van der Waals surface area (Å²) < 4.78 is 49.9. The smallest absolute Gasteiger partial charge is 0.276 e. The standard InChI is InChI=1S/C29H28ClF3N8O3/c1-29(2,3)44-15-21-25(39-20(12-34-21)23-18(26(32)33)6-7-19(30)24(23)31)27(43)38-17-11-37-40(14-17)13-16-9-35-28(36-10-16)41-8-4-5-22(41)42/h6-7,9-12,14,26H,4-5,8,13,15H2,1-3H3,(H,38,43). The Labute approximate surface area is 255 Å². The average molecular weight is 629 g/mol. The largest absolute Gasteiger partial charge is 0.369 e. The molecule has 1 aromatic carbocycles. The number of hydrogen-bond acceptors (Lipinski definition) is 8. The van der Waals surface area contributed by atoms with Crippen LogP contribution in [0.3, 0.4) is 0 Å². The van der Waals surface area contributed by atoms with Gasteiger partial charge in [-0.15, -0.1) is 0 Å². The number of amides is 2. The van der Waals surface area contributed by atoms with Gasteiger partial charge < -0.3 is 10.1 Å². The van der Waals surface area contributed by atoms with E-state index in [1.165, 1.54) is 10.9 Å². The second-order valence-electron chi connectivity index (χ2n) is 11.0. The summed E-state index contributed by atoms with van der Waals surface area (Å²) >= 11 is 5.88. The molecule has 0 aliphatic carbocycles. The number of rotatable bonds is 9. The molecule has 0 bridgehead atoms. The van der Waals surface area contributed by atoms with Crippen molar-refractivity contribution in [3.8, 4) is 11.3 Å². The number of carbonyl (C=O) groups excluding carboxylic acids is 2. The second kappa shape index (κ2) is 12.7. The molecule has 0 unspecified atom stereocenters. The lowest BCUT2D eigenvalue weighted by Gasteiger charge is -2.20. The lowest BCUT2D eigenvalue weighted by molar-refractivity contribution is -0.117. The molecule has 44 heavy (non-hydrogen) atoms. The molecular weight excluding hydrogens is 601 g/mol. The SMILES string of the molecule is CC(C)(C)OCc1ncc(-c2c(C(F)F)ccc(Cl)c2F)nc1C(=O)Nc1cnn(Cc2cnc(N3CCCC3=O)nc2)c1. The molecule has 0 spiro atoms. The molecule has 1 aliphatic rings. The Kier molecular flexibility index (Phi) is 8.92. The van der Waals surface area contributed by atoms with Crippen LogP contribution in [0.15, 0.2) is 43.1 Å². The van der Waals surface area contributed by atoms with E-state index in [0.717, 1.165) is 24.8 Å². The summed E-state index contributed by atoms with van der Waals surface area (Å²) in [6.07, 6.45) is 5.47. The van der Waals surface area contributed by atoms with Gasteiger partial charge in [0.25, 0.3) is 12.3 Å². The summed E-state index contributed by atoms with van der Waals surface area (Å²) in [5, 5.41) is 6.54. The van der Waals surface area contributed by atoms with Crippen molar-refractivity contribution in [2.75, 3.05) is 16.8 Å². The maximum absolute atomic E-state index is 15.0. The quantitative estimate of drug-likeness (QED) is 0.254. The number of ether oxygens (including phenoxy) is 1. The maximum atomic E-state index is 15.0. The van der Waals surface area contributed by atoms with Gasteiger partial charge in [-0.2, -0.15) is 5.10 Å². The highest BCUT2D eigenvalue weighted by atomic mass is 35.5. The first kappa shape index (κ1) is 31.0. The molecular formula is C29H28ClF3N8O3. The molecule has 1 saturated heterocycles. The lowest BCUT2D eigenvalue weighted by atomic mass is 10.0. The van der Waals surface area contributed by atoms with E-state index in [9.17, 15) is 22.8 Å². The number of nitrogens with one attached hydrogen (secondary N) is 1. The van der Waals surface area contributed by atoms with Gasteiger partial charge >= 0.3 is 0 Å². The Hall–Kier alpha value is -4.43. The van der Waals surface area contributed by atoms with Crippen molar-refractivity contribution in [2.24, 2.45) is 0 Å². The Bertz CT molecular complexity index is 1690. The molecule has 1 aliphatic heterocycles. The monoisotopic (exact) mass is 628 g/mol. The minimum absolute atomic E-state index is 0.0132. The van der Waals surface area contributed by atoms with Crippen molar-refractivity contribution in [1.82, 2.24) is 29.7 Å². The van der Waals surface area contributed by atoms with E-state index in [1.54, 1.807) is 23.5 Å². The fourth-order valence-electron chi connectivity index (χ4n) is 4.44. The average Bonchev–Trinajstić information content (AvgIpc) is 3.61. The maximum Gasteiger partial charge on any atom is 0.276 e. The van der Waals surface area contributed by atoms with Crippen molar-refractivity contribution >= 4 is 35.1 Å². The third kappa shape index (κ3) is 7.03. The van der Waals surface area contributed by atoms with Gasteiger partial charge in [0.1, 0.15) is 0 Å². The second-order valence-corrected chi connectivity index (χ2v) is 11.4. The van der Waals surface area contributed by atoms with Crippen molar-refractivity contribution < 1.29 is 27.5 Å². The van der Waals surface area contributed by atoms with Crippen molar-refractivity contribution in [2.45, 2.75) is 58.8 Å². The Balaban J connectivity index is 1.38. The molecule has 3 aromatic heterocycles. The number of nitrogens with zero attached hydrogens (tertiary/aromatic N) is 7. The number of anilines is 2. The molecule has 1 N–H and O–H groups in total. The summed E-state index contributed by atoms with van der Waals surface area (Å²) in [6, 6.07) is 2.03. The predicted molar refractivity (Wildman–Crippen MR) is 155 cm³/mol. The van der Waals surface area contributed by atoms with E-state index < -0.39 is 34.9 Å². The summed E-state index contributed by atoms with van der Waals surface area (Å²) in [7, 11) is 0. The zero-order chi connectivity index (χ0) is 31.6. The highest BCUT2D eigenvalue weighted by Gasteiger charge is 2.26. The fraction of sp³-hybridized carbons (Fsp3) is 0.345. The third-order valence-electron chi connectivity index (χ3n) is 6.57. The van der Waals surface area contributed by atoms with Crippen LogP contribution >= 0.6 is 11.6 Å². The van der Waals surface area contributed by atoms with E-state index in [4.69, 9.17) is 16.3 Å². The predicted octanol–water partition coefficient (Wildman–Crippen LogP) is 5.60. The molecule has 0 atom stereocenters. The Morgan fingerprint density at radius 3 is 2.55 bits per heavy atom. The van der Waals surface area contributed by atoms with E-state index in [1.807, 2.05) is 20.8 Å². The third-order valence-corrected chi connectivity index (χ3v) is 6.86. The van der Waals surface area contributed by atoms with Crippen LogP contribution in [0.4, 0.5) is 24.8 Å². The first-order chi connectivity index (χ1) is 20.9. The van der Waals surface area contributed by atoms with Crippen LogP contribution in [-0.2, 0) is 22.7 Å². The van der Waals surface area contributed by atoms with Crippen LogP contribution in [0.2, 0.25) is 5.02 Å². The van der Waals surface area contributed by atoms with Crippen LogP contribution in [0, 0.1) is 5.82 Å². The molecule has 230 valence electrons. The van der Waals surface area contributed by atoms with Gasteiger partial charge in [-0.1, -0.05) is 17.7 Å². The molecule has 11 nitrogen and oxygen atoms in total. The Morgan fingerprint density at radius 2 is 1.89 bits per heavy atom. The van der Waals surface area contributed by atoms with Gasteiger partial charge in [-0.05, 0) is 33.3 Å². The summed E-state index contributed by atoms with van der Waals surface area (Å²) in [6.45, 7) is 6.16. The zero-order valence-corrected chi connectivity index (χ0v) is 24.8. The van der Waals surface area contributed by atoms with Gasteiger partial charge in [0.2, 0.25) is 11.9 Å². The number of carbonyl (C=O) groups is 2. The number of hydrogen-bond donors (Lipinski definition) is 1. The number of benzene rings is 1. The normalized spacial score (nSPS) is 13.6. The van der Waals surface area contributed by atoms with Crippen molar-refractivity contribution in [3.63, 3.8) is 0 Å². The van der Waals surface area contributed by atoms with Crippen LogP contribution in [0.5, 0.6) is 0 Å². The first-order valence-corrected chi connectivity index (χ1v) is 14.0. The fourth-order valence-corrected chi connectivity index (χ4v) is 4.59. The number of aromatic nitrogens is 6. The molecule has 5 rings (SSSR count). The van der Waals surface area contributed by atoms with Crippen LogP contribution < -0.4 is 10.2 Å². The molecule has 1 fully saturated rings. The highest BCUT2D eigenvalue weighted by molar-refractivity contribution is 6.31. The van der Waals surface area contributed by atoms with Crippen LogP contribution in [0.1, 0.15) is 67.3 Å². The molecule has 0 saturated carbocycles. The Morgan fingerprint density at radius 1 is 1.14 bits per heavy atom. The molecule has 0 radical (unpaired) electrons. The topological polar surface area (TPSA) is 128 Å².